The highest BCUT2D eigenvalue weighted by molar-refractivity contribution is 5.92. The molecule has 0 aromatic heterocycles. The molecule has 0 amide bonds. The molecule has 0 aromatic rings. The summed E-state index contributed by atoms with van der Waals surface area (Å²) in [4.78, 5) is 109. The summed E-state index contributed by atoms with van der Waals surface area (Å²) >= 11 is 0. The number of aliphatic hydroxyl groups is 2. The zero-order valence-corrected chi connectivity index (χ0v) is 78.4. The van der Waals surface area contributed by atoms with E-state index in [1.807, 2.05) is 86.3 Å². The van der Waals surface area contributed by atoms with E-state index < -0.39 is 212 Å². The smallest absolute Gasteiger partial charge is 0.308 e. The van der Waals surface area contributed by atoms with Crippen LogP contribution in [0.4, 0.5) is 0 Å². The van der Waals surface area contributed by atoms with Crippen LogP contribution in [0.5, 0.6) is 0 Å². The predicted octanol–water partition coefficient (Wildman–Crippen LogP) is 9.16. The summed E-state index contributed by atoms with van der Waals surface area (Å²) in [6.07, 6.45) is -3.01. The zero-order valence-electron chi connectivity index (χ0n) is 78.4. The third-order valence-corrected chi connectivity index (χ3v) is 25.4. The van der Waals surface area contributed by atoms with Crippen molar-refractivity contribution in [1.82, 2.24) is 9.80 Å². The first-order chi connectivity index (χ1) is 58.6. The summed E-state index contributed by atoms with van der Waals surface area (Å²) in [5.74, 6) is -7.69. The maximum Gasteiger partial charge on any atom is 0.308 e. The molecule has 0 aromatic carbocycles. The fourth-order valence-electron chi connectivity index (χ4n) is 18.2. The Morgan fingerprint density at radius 1 is 0.500 bits per heavy atom. The van der Waals surface area contributed by atoms with Crippen molar-refractivity contribution < 1.29 is 143 Å². The minimum atomic E-state index is -1.31. The quantitative estimate of drug-likeness (QED) is 0.0488. The summed E-state index contributed by atoms with van der Waals surface area (Å²) < 4.78 is 124. The molecule has 7 rings (SSSR count). The number of esters is 6. The van der Waals surface area contributed by atoms with E-state index in [0.717, 1.165) is 11.1 Å². The summed E-state index contributed by atoms with van der Waals surface area (Å²) in [6, 6.07) is -1.35. The van der Waals surface area contributed by atoms with Crippen molar-refractivity contribution in [3.05, 3.63) is 60.3 Å². The highest BCUT2D eigenvalue weighted by Crippen LogP contribution is 2.42. The fourth-order valence-corrected chi connectivity index (χ4v) is 18.2. The van der Waals surface area contributed by atoms with Gasteiger partial charge in [0.25, 0.3) is 0 Å². The van der Waals surface area contributed by atoms with Gasteiger partial charge in [0.2, 0.25) is 0 Å². The number of nitrogens with zero attached hydrogens (tertiary/aromatic N) is 2. The molecule has 708 valence electrons. The van der Waals surface area contributed by atoms with Gasteiger partial charge in [0.1, 0.15) is 36.6 Å². The van der Waals surface area contributed by atoms with Crippen LogP contribution in [0, 0.1) is 59.2 Å². The first kappa shape index (κ1) is 107. The number of ketones is 2. The first-order valence-corrected chi connectivity index (χ1v) is 44.2. The number of carbonyl (C=O) groups excluding carboxylic acids is 8. The Kier molecular flexibility index (Phi) is 44.4. The van der Waals surface area contributed by atoms with Gasteiger partial charge in [-0.1, -0.05) is 96.9 Å². The van der Waals surface area contributed by atoms with Crippen molar-refractivity contribution in [1.29, 1.82) is 0 Å². The number of hydrogen-bond acceptors (Lipinski definition) is 32. The molecule has 0 spiro atoms. The lowest BCUT2D eigenvalue weighted by Gasteiger charge is -2.49. The Balaban J connectivity index is 0.000000384. The SMILES string of the molecule is C=CC1COCC[C@H]2C[C@@H](C)C(=O)/C=C/C(C)=C/[C@H](CO[C@@H]3OC(C)[C@@H](C)[C@H](OC)C3OC)[C@@H](CC)OC(=O)C[C@@H](O1)[C@H](C)[C@H]2O[C@@H]1OC(C)[C@@H](OC(C)=O)C(N(C)C)C1OC(C)=O.CC[C@H]1OC(=O)C[C@@H](O)[C@H](C)[C@@H](O[C@@H]2OC(C)[C@@H](OC(C)=O)C(N(C)C)C2OC(C)=O)[C@@H](CCO)C[C@@H](C)C(=O)/C=C/C(C)=C/[C@@H]1CO[C@@H]1OC(C)[C@@H](C)[C@H](OC)C1OC. The number of methoxy groups -OCH3 is 4. The minimum absolute atomic E-state index is 0.0421. The maximum atomic E-state index is 14.4. The molecule has 0 radical (unpaired) electrons. The van der Waals surface area contributed by atoms with Crippen molar-refractivity contribution in [3.8, 4) is 0 Å². The summed E-state index contributed by atoms with van der Waals surface area (Å²) in [7, 11) is 13.5. The topological polar surface area (TPSA) is 368 Å². The molecule has 7 heterocycles. The third kappa shape index (κ3) is 30.1. The molecule has 2 N–H and O–H groups in total. The van der Waals surface area contributed by atoms with Crippen molar-refractivity contribution >= 4 is 47.4 Å². The number of carbonyl (C=O) groups is 8. The first-order valence-electron chi connectivity index (χ1n) is 44.2. The molecule has 5 fully saturated rings. The number of rotatable bonds is 25. The van der Waals surface area contributed by atoms with E-state index in [9.17, 15) is 48.6 Å². The van der Waals surface area contributed by atoms with E-state index in [2.05, 4.69) is 6.58 Å². The average molecular weight is 1760 g/mol. The molecule has 2 bridgehead atoms. The number of aliphatic hydroxyl groups excluding tert-OH is 2. The van der Waals surface area contributed by atoms with Gasteiger partial charge in [0, 0.05) is 117 Å². The molecule has 11 unspecified atom stereocenters. The molecule has 7 aliphatic heterocycles. The number of fused-ring (bicyclic) bond motifs is 3. The largest absolute Gasteiger partial charge is 0.462 e. The number of cyclic esters (lactones) is 2. The Morgan fingerprint density at radius 2 is 0.903 bits per heavy atom. The second-order valence-electron chi connectivity index (χ2n) is 35.2. The van der Waals surface area contributed by atoms with E-state index in [1.54, 1.807) is 114 Å². The normalized spacial score (nSPS) is 40.6. The molecule has 124 heavy (non-hydrogen) atoms. The minimum Gasteiger partial charge on any atom is -0.462 e. The lowest BCUT2D eigenvalue weighted by atomic mass is 9.79. The van der Waals surface area contributed by atoms with Crippen LogP contribution in [0.3, 0.4) is 0 Å². The lowest BCUT2D eigenvalue weighted by Crippen LogP contribution is -2.65. The highest BCUT2D eigenvalue weighted by Gasteiger charge is 2.55. The van der Waals surface area contributed by atoms with Crippen molar-refractivity contribution in [3.63, 3.8) is 0 Å². The van der Waals surface area contributed by atoms with Gasteiger partial charge in [0.05, 0.1) is 112 Å². The highest BCUT2D eigenvalue weighted by atomic mass is 16.7. The van der Waals surface area contributed by atoms with Crippen LogP contribution in [0.15, 0.2) is 60.3 Å². The van der Waals surface area contributed by atoms with Crippen molar-refractivity contribution in [2.24, 2.45) is 59.2 Å². The molecule has 5 saturated heterocycles. The molecular formula is C92H150N2O30. The van der Waals surface area contributed by atoms with Gasteiger partial charge in [-0.2, -0.15) is 0 Å². The van der Waals surface area contributed by atoms with E-state index in [-0.39, 0.29) is 99.4 Å². The van der Waals surface area contributed by atoms with Gasteiger partial charge in [-0.3, -0.25) is 48.2 Å². The summed E-state index contributed by atoms with van der Waals surface area (Å²) in [5, 5.41) is 22.1. The molecular weight excluding hydrogens is 1610 g/mol. The van der Waals surface area contributed by atoms with Crippen LogP contribution in [-0.2, 0) is 133 Å². The zero-order chi connectivity index (χ0) is 92.4. The molecule has 32 heteroatoms. The molecule has 35 atom stereocenters. The van der Waals surface area contributed by atoms with Crippen LogP contribution in [0.25, 0.3) is 0 Å². The average Bonchev–Trinajstić information content (AvgIpc) is 0.775. The van der Waals surface area contributed by atoms with Gasteiger partial charge >= 0.3 is 35.8 Å². The standard InChI is InChI=1S/C48H77NO15.C44H73NO15/c1-15-36-25-56-20-19-34-22-27(4)37(52)18-17-26(3)21-35(24-57-47-46(55-14)43(54-13)28(5)30(7)58-47)38(16-2)63-40(53)23-39(62-36)29(6)42(34)64-48-45(61-33(10)51)41(49(11)12)44(31(8)59-48)60-32(9)50;1-14-35-32(22-54-43-42(53-13)39(52-12)25(4)27(6)55-43)19-23(2)15-16-33(49)24(3)20-31(17-18-46)38(26(5)34(50)21-36(51)59-35)60-44-41(58-30(9)48)37(45(10)11)40(28(7)56-44)57-29(8)47/h15,17-18,21,27-31,34-36,38-39,41-48H,1,16,19-20,22-25H2,2-14H3;15-16,19,24-28,31-32,34-35,37-44,46,50H,14,17-18,20-22H2,1-13H3/b18-17+,26-21+;16-15+,23-19+/t27-,28-,29+,30?,31?,34+,35-,36?,38-,39-,41?,42-,43+,44-,45?,46?,47-,48+;24-,25-,26+,27?,28?,31+,32-,34-,35-,37?,38-,39+,40-,41?,42?,43-,44+/m11/s1. The third-order valence-electron chi connectivity index (χ3n) is 25.4. The Labute approximate surface area is 735 Å². The Morgan fingerprint density at radius 3 is 1.30 bits per heavy atom. The van der Waals surface area contributed by atoms with Crippen LogP contribution in [0.1, 0.15) is 176 Å². The van der Waals surface area contributed by atoms with E-state index in [1.165, 1.54) is 33.8 Å². The van der Waals surface area contributed by atoms with Crippen LogP contribution in [-0.4, -0.2) is 310 Å². The Bertz CT molecular complexity index is 3500. The predicted molar refractivity (Wildman–Crippen MR) is 455 cm³/mol. The van der Waals surface area contributed by atoms with Crippen LogP contribution in [0.2, 0.25) is 0 Å². The van der Waals surface area contributed by atoms with Crippen molar-refractivity contribution in [2.75, 3.05) is 89.7 Å². The summed E-state index contributed by atoms with van der Waals surface area (Å²) in [5.41, 5.74) is 1.52. The molecule has 0 aliphatic carbocycles. The number of ether oxygens (including phenoxy) is 20. The van der Waals surface area contributed by atoms with Gasteiger partial charge in [-0.25, -0.2) is 0 Å². The lowest BCUT2D eigenvalue weighted by molar-refractivity contribution is -0.309. The van der Waals surface area contributed by atoms with Gasteiger partial charge < -0.3 is 105 Å². The Hall–Kier alpha value is -5.86. The van der Waals surface area contributed by atoms with E-state index >= 15 is 0 Å². The number of hydrogen-bond donors (Lipinski definition) is 2. The molecule has 0 saturated carbocycles. The maximum absolute atomic E-state index is 14.4. The second kappa shape index (κ2) is 51.5. The van der Waals surface area contributed by atoms with Gasteiger partial charge in [-0.15, -0.1) is 6.58 Å². The van der Waals surface area contributed by atoms with Crippen LogP contribution < -0.4 is 0 Å². The monoisotopic (exact) mass is 1760 g/mol. The molecule has 7 aliphatic rings. The summed E-state index contributed by atoms with van der Waals surface area (Å²) in [6.45, 7) is 36.0. The second-order valence-corrected chi connectivity index (χ2v) is 35.2. The van der Waals surface area contributed by atoms with Gasteiger partial charge in [-0.05, 0) is 132 Å². The van der Waals surface area contributed by atoms with E-state index in [0.29, 0.717) is 32.3 Å². The molecule has 32 nitrogen and oxygen atoms in total. The fraction of sp³-hybridized carbons (Fsp3) is 0.804. The number of allylic oxidation sites excluding steroid dienone is 6. The van der Waals surface area contributed by atoms with E-state index in [4.69, 9.17) is 94.7 Å². The van der Waals surface area contributed by atoms with Gasteiger partial charge in [0.15, 0.2) is 48.9 Å². The van der Waals surface area contributed by atoms with Crippen LogP contribution >= 0.6 is 0 Å². The number of likely N-dealkylation sites (N-methyl/N-ethyl adjacent to an activating group) is 2. The van der Waals surface area contributed by atoms with Crippen molar-refractivity contribution in [2.45, 2.75) is 329 Å².